The SMILES string of the molecule is O=C(Nc1ccnc(N2CCCC2)c1)C1NNC2CCC(c3cncc(CN4CCCCC4)c3)CC21. The molecule has 8 heteroatoms. The van der Waals surface area contributed by atoms with E-state index >= 15 is 0 Å². The molecule has 3 saturated heterocycles. The van der Waals surface area contributed by atoms with Gasteiger partial charge in [-0.25, -0.2) is 10.4 Å². The highest BCUT2D eigenvalue weighted by Crippen LogP contribution is 2.40. The van der Waals surface area contributed by atoms with Crippen molar-refractivity contribution in [3.8, 4) is 0 Å². The van der Waals surface area contributed by atoms with Gasteiger partial charge in [-0.2, -0.15) is 0 Å². The van der Waals surface area contributed by atoms with Gasteiger partial charge in [-0.3, -0.25) is 20.1 Å². The van der Waals surface area contributed by atoms with E-state index in [2.05, 4.69) is 42.0 Å². The summed E-state index contributed by atoms with van der Waals surface area (Å²) < 4.78 is 0. The number of likely N-dealkylation sites (tertiary alicyclic amines) is 1. The Morgan fingerprint density at radius 2 is 1.83 bits per heavy atom. The molecule has 3 N–H and O–H groups in total. The van der Waals surface area contributed by atoms with Crippen LogP contribution in [0.3, 0.4) is 0 Å². The minimum atomic E-state index is -0.245. The third-order valence-electron chi connectivity index (χ3n) is 8.62. The zero-order valence-electron chi connectivity index (χ0n) is 21.2. The Bertz CT molecular complexity index is 1050. The maximum atomic E-state index is 13.4. The van der Waals surface area contributed by atoms with Crippen LogP contribution in [0.4, 0.5) is 11.5 Å². The first-order chi connectivity index (χ1) is 17.7. The number of aromatic nitrogens is 2. The van der Waals surface area contributed by atoms with E-state index in [1.807, 2.05) is 24.5 Å². The van der Waals surface area contributed by atoms with Crippen LogP contribution >= 0.6 is 0 Å². The van der Waals surface area contributed by atoms with E-state index in [1.165, 1.54) is 56.3 Å². The molecule has 0 spiro atoms. The Hall–Kier alpha value is -2.55. The van der Waals surface area contributed by atoms with Crippen LogP contribution in [-0.2, 0) is 11.3 Å². The topological polar surface area (TPSA) is 85.4 Å². The summed E-state index contributed by atoms with van der Waals surface area (Å²) in [6.07, 6.45) is 15.4. The second-order valence-electron chi connectivity index (χ2n) is 11.1. The molecular formula is C28H39N7O. The van der Waals surface area contributed by atoms with Crippen molar-refractivity contribution in [1.82, 2.24) is 25.7 Å². The highest BCUT2D eigenvalue weighted by Gasteiger charge is 2.44. The molecule has 1 aliphatic carbocycles. The molecule has 5 heterocycles. The average Bonchev–Trinajstić information content (AvgIpc) is 3.60. The molecule has 3 aliphatic heterocycles. The molecule has 192 valence electrons. The van der Waals surface area contributed by atoms with Crippen molar-refractivity contribution in [3.63, 3.8) is 0 Å². The van der Waals surface area contributed by atoms with Gasteiger partial charge in [0, 0.05) is 61.9 Å². The van der Waals surface area contributed by atoms with Crippen LogP contribution in [0, 0.1) is 5.92 Å². The zero-order valence-corrected chi connectivity index (χ0v) is 21.2. The minimum Gasteiger partial charge on any atom is -0.357 e. The van der Waals surface area contributed by atoms with E-state index in [-0.39, 0.29) is 17.9 Å². The predicted octanol–water partition coefficient (Wildman–Crippen LogP) is 3.43. The van der Waals surface area contributed by atoms with Crippen molar-refractivity contribution in [2.24, 2.45) is 5.92 Å². The van der Waals surface area contributed by atoms with Gasteiger partial charge in [-0.15, -0.1) is 0 Å². The van der Waals surface area contributed by atoms with Gasteiger partial charge in [0.25, 0.3) is 0 Å². The standard InChI is InChI=1S/C28H39N7O/c36-28(31-23-8-9-30-26(16-23)35-12-4-5-13-35)27-24-15-21(6-7-25(24)32-33-27)22-14-20(17-29-18-22)19-34-10-2-1-3-11-34/h8-9,14,16-18,21,24-25,27,32-33H,1-7,10-13,15,19H2,(H,30,31,36). The van der Waals surface area contributed by atoms with Gasteiger partial charge in [0.1, 0.15) is 11.9 Å². The highest BCUT2D eigenvalue weighted by atomic mass is 16.2. The maximum Gasteiger partial charge on any atom is 0.243 e. The number of nitrogens with one attached hydrogen (secondary N) is 3. The number of amides is 1. The van der Waals surface area contributed by atoms with E-state index in [0.717, 1.165) is 50.4 Å². The Morgan fingerprint density at radius 1 is 1.00 bits per heavy atom. The quantitative estimate of drug-likeness (QED) is 0.573. The number of piperidine rings is 1. The number of rotatable bonds is 6. The number of fused-ring (bicyclic) bond motifs is 1. The number of nitrogens with zero attached hydrogens (tertiary/aromatic N) is 4. The lowest BCUT2D eigenvalue weighted by atomic mass is 9.73. The summed E-state index contributed by atoms with van der Waals surface area (Å²) in [6, 6.07) is 6.35. The Kier molecular flexibility index (Phi) is 7.16. The zero-order chi connectivity index (χ0) is 24.3. The third-order valence-corrected chi connectivity index (χ3v) is 8.62. The van der Waals surface area contributed by atoms with Gasteiger partial charge in [-0.1, -0.05) is 12.5 Å². The lowest BCUT2D eigenvalue weighted by Gasteiger charge is -2.33. The summed E-state index contributed by atoms with van der Waals surface area (Å²) in [7, 11) is 0. The van der Waals surface area contributed by atoms with Crippen molar-refractivity contribution in [2.75, 3.05) is 36.4 Å². The number of hydrazine groups is 1. The molecule has 0 aromatic carbocycles. The Labute approximate surface area is 214 Å². The van der Waals surface area contributed by atoms with Gasteiger partial charge in [0.05, 0.1) is 0 Å². The van der Waals surface area contributed by atoms with Crippen LogP contribution in [0.15, 0.2) is 36.8 Å². The first kappa shape index (κ1) is 23.8. The summed E-state index contributed by atoms with van der Waals surface area (Å²) >= 11 is 0. The van der Waals surface area contributed by atoms with Gasteiger partial charge in [0.15, 0.2) is 0 Å². The Balaban J connectivity index is 1.10. The van der Waals surface area contributed by atoms with Crippen LogP contribution in [0.25, 0.3) is 0 Å². The molecule has 4 unspecified atom stereocenters. The van der Waals surface area contributed by atoms with Crippen molar-refractivity contribution in [1.29, 1.82) is 0 Å². The van der Waals surface area contributed by atoms with Crippen molar-refractivity contribution < 1.29 is 4.79 Å². The molecule has 36 heavy (non-hydrogen) atoms. The lowest BCUT2D eigenvalue weighted by molar-refractivity contribution is -0.119. The van der Waals surface area contributed by atoms with Gasteiger partial charge < -0.3 is 10.2 Å². The summed E-state index contributed by atoms with van der Waals surface area (Å²) in [4.78, 5) is 27.3. The maximum absolute atomic E-state index is 13.4. The number of anilines is 2. The molecule has 2 aromatic rings. The molecule has 4 aliphatic rings. The molecule has 1 saturated carbocycles. The molecule has 0 bridgehead atoms. The summed E-state index contributed by atoms with van der Waals surface area (Å²) in [5.74, 6) is 1.69. The molecule has 4 fully saturated rings. The number of hydrogen-bond acceptors (Lipinski definition) is 7. The minimum absolute atomic E-state index is 0.0335. The van der Waals surface area contributed by atoms with E-state index in [9.17, 15) is 4.79 Å². The number of carbonyl (C=O) groups is 1. The van der Waals surface area contributed by atoms with Gasteiger partial charge >= 0.3 is 0 Å². The second-order valence-corrected chi connectivity index (χ2v) is 11.1. The van der Waals surface area contributed by atoms with Crippen molar-refractivity contribution >= 4 is 17.4 Å². The van der Waals surface area contributed by atoms with Crippen LogP contribution in [-0.4, -0.2) is 59.0 Å². The fraction of sp³-hybridized carbons (Fsp3) is 0.607. The summed E-state index contributed by atoms with van der Waals surface area (Å²) in [6.45, 7) is 5.47. The number of pyridine rings is 2. The predicted molar refractivity (Wildman–Crippen MR) is 142 cm³/mol. The molecule has 8 nitrogen and oxygen atoms in total. The summed E-state index contributed by atoms with van der Waals surface area (Å²) in [5.41, 5.74) is 10.2. The van der Waals surface area contributed by atoms with Crippen LogP contribution in [0.5, 0.6) is 0 Å². The molecule has 2 aromatic heterocycles. The number of carbonyl (C=O) groups excluding carboxylic acids is 1. The van der Waals surface area contributed by atoms with Crippen LogP contribution < -0.4 is 21.1 Å². The average molecular weight is 490 g/mol. The molecule has 6 rings (SSSR count). The fourth-order valence-electron chi connectivity index (χ4n) is 6.65. The fourth-order valence-corrected chi connectivity index (χ4v) is 6.65. The highest BCUT2D eigenvalue weighted by molar-refractivity contribution is 5.95. The first-order valence-corrected chi connectivity index (χ1v) is 13.9. The van der Waals surface area contributed by atoms with E-state index in [1.54, 1.807) is 6.20 Å². The second kappa shape index (κ2) is 10.8. The smallest absolute Gasteiger partial charge is 0.243 e. The van der Waals surface area contributed by atoms with Gasteiger partial charge in [-0.05, 0) is 81.1 Å². The third kappa shape index (κ3) is 5.26. The normalized spacial score (nSPS) is 28.7. The number of hydrogen-bond donors (Lipinski definition) is 3. The molecule has 0 radical (unpaired) electrons. The van der Waals surface area contributed by atoms with E-state index < -0.39 is 0 Å². The van der Waals surface area contributed by atoms with E-state index in [4.69, 9.17) is 0 Å². The van der Waals surface area contributed by atoms with Crippen LogP contribution in [0.2, 0.25) is 0 Å². The first-order valence-electron chi connectivity index (χ1n) is 13.9. The lowest BCUT2D eigenvalue weighted by Crippen LogP contribution is -2.42. The molecule has 1 amide bonds. The summed E-state index contributed by atoms with van der Waals surface area (Å²) in [5, 5.41) is 3.16. The molecular weight excluding hydrogens is 450 g/mol. The van der Waals surface area contributed by atoms with Gasteiger partial charge in [0.2, 0.25) is 5.91 Å². The molecule has 4 atom stereocenters. The van der Waals surface area contributed by atoms with Crippen molar-refractivity contribution in [3.05, 3.63) is 47.9 Å². The Morgan fingerprint density at radius 3 is 2.69 bits per heavy atom. The monoisotopic (exact) mass is 489 g/mol. The van der Waals surface area contributed by atoms with Crippen molar-refractivity contribution in [2.45, 2.75) is 75.9 Å². The largest absolute Gasteiger partial charge is 0.357 e. The van der Waals surface area contributed by atoms with Crippen LogP contribution in [0.1, 0.15) is 68.4 Å². The van der Waals surface area contributed by atoms with E-state index in [0.29, 0.717) is 12.0 Å².